The number of benzene rings is 1. The van der Waals surface area contributed by atoms with E-state index in [-0.39, 0.29) is 11.1 Å². The third-order valence-corrected chi connectivity index (χ3v) is 4.72. The lowest BCUT2D eigenvalue weighted by Crippen LogP contribution is -2.45. The molecule has 0 unspecified atom stereocenters. The van der Waals surface area contributed by atoms with E-state index in [2.05, 4.69) is 16.8 Å². The summed E-state index contributed by atoms with van der Waals surface area (Å²) in [6, 6.07) is 7.04. The number of hydrogen-bond donors (Lipinski definition) is 0. The molecule has 1 aromatic heterocycles. The van der Waals surface area contributed by atoms with Crippen LogP contribution in [0.1, 0.15) is 6.42 Å². The van der Waals surface area contributed by atoms with E-state index in [9.17, 15) is 9.59 Å². The van der Waals surface area contributed by atoms with Crippen molar-refractivity contribution >= 4 is 10.8 Å². The molecule has 0 bridgehead atoms. The van der Waals surface area contributed by atoms with Crippen LogP contribution in [0.3, 0.4) is 0 Å². The van der Waals surface area contributed by atoms with Crippen LogP contribution in [0.2, 0.25) is 0 Å². The summed E-state index contributed by atoms with van der Waals surface area (Å²) in [5.41, 5.74) is -0.194. The summed E-state index contributed by atoms with van der Waals surface area (Å²) in [5.74, 6) is 0. The normalized spacial score (nSPS) is 17.0. The summed E-state index contributed by atoms with van der Waals surface area (Å²) in [4.78, 5) is 29.7. The first kappa shape index (κ1) is 16.0. The number of likely N-dealkylation sites (N-methyl/N-ethyl adjacent to an activating group) is 1. The zero-order valence-corrected chi connectivity index (χ0v) is 13.9. The van der Waals surface area contributed by atoms with Gasteiger partial charge in [0.1, 0.15) is 0 Å². The third kappa shape index (κ3) is 3.23. The Bertz CT molecular complexity index is 800. The van der Waals surface area contributed by atoms with E-state index in [4.69, 9.17) is 0 Å². The minimum absolute atomic E-state index is 0.0823. The maximum atomic E-state index is 12.6. The van der Waals surface area contributed by atoms with Crippen molar-refractivity contribution in [1.82, 2.24) is 19.2 Å². The fraction of sp³-hybridized carbons (Fsp3) is 0.529. The monoisotopic (exact) mass is 316 g/mol. The van der Waals surface area contributed by atoms with Crippen molar-refractivity contribution in [2.75, 3.05) is 39.8 Å². The fourth-order valence-electron chi connectivity index (χ4n) is 3.18. The topological polar surface area (TPSA) is 50.5 Å². The molecule has 0 spiro atoms. The van der Waals surface area contributed by atoms with Crippen molar-refractivity contribution in [3.05, 3.63) is 45.0 Å². The molecule has 1 saturated heterocycles. The first-order valence-corrected chi connectivity index (χ1v) is 8.17. The Morgan fingerprint density at radius 2 is 1.48 bits per heavy atom. The number of hydrogen-bond acceptors (Lipinski definition) is 4. The van der Waals surface area contributed by atoms with E-state index in [1.165, 1.54) is 4.68 Å². The molecular weight excluding hydrogens is 292 g/mol. The molecule has 0 aliphatic carbocycles. The van der Waals surface area contributed by atoms with Gasteiger partial charge in [0.25, 0.3) is 11.1 Å². The van der Waals surface area contributed by atoms with Gasteiger partial charge in [-0.3, -0.25) is 14.3 Å². The quantitative estimate of drug-likeness (QED) is 0.816. The van der Waals surface area contributed by atoms with Crippen LogP contribution in [-0.4, -0.2) is 58.9 Å². The zero-order valence-electron chi connectivity index (χ0n) is 13.9. The van der Waals surface area contributed by atoms with Crippen molar-refractivity contribution in [2.24, 2.45) is 7.05 Å². The first-order chi connectivity index (χ1) is 11.1. The van der Waals surface area contributed by atoms with E-state index in [1.807, 2.05) is 0 Å². The largest absolute Gasteiger partial charge is 0.304 e. The Balaban J connectivity index is 1.76. The predicted molar refractivity (Wildman–Crippen MR) is 92.0 cm³/mol. The third-order valence-electron chi connectivity index (χ3n) is 4.72. The number of rotatable bonds is 4. The summed E-state index contributed by atoms with van der Waals surface area (Å²) in [7, 11) is 3.81. The van der Waals surface area contributed by atoms with Crippen LogP contribution >= 0.6 is 0 Å². The molecule has 6 nitrogen and oxygen atoms in total. The number of piperazine rings is 1. The molecular formula is C17H24N4O2. The van der Waals surface area contributed by atoms with E-state index in [0.29, 0.717) is 17.3 Å². The second kappa shape index (κ2) is 6.68. The lowest BCUT2D eigenvalue weighted by Gasteiger charge is -2.32. The molecule has 6 heteroatoms. The van der Waals surface area contributed by atoms with Crippen LogP contribution in [0.4, 0.5) is 0 Å². The van der Waals surface area contributed by atoms with Gasteiger partial charge in [0.15, 0.2) is 0 Å². The minimum Gasteiger partial charge on any atom is -0.304 e. The average Bonchev–Trinajstić information content (AvgIpc) is 2.57. The van der Waals surface area contributed by atoms with Crippen LogP contribution in [0.5, 0.6) is 0 Å². The van der Waals surface area contributed by atoms with Gasteiger partial charge >= 0.3 is 0 Å². The lowest BCUT2D eigenvalue weighted by atomic mass is 10.2. The van der Waals surface area contributed by atoms with E-state index in [1.54, 1.807) is 36.0 Å². The Morgan fingerprint density at radius 3 is 2.13 bits per heavy atom. The molecule has 23 heavy (non-hydrogen) atoms. The van der Waals surface area contributed by atoms with Crippen molar-refractivity contribution in [2.45, 2.75) is 13.0 Å². The molecule has 2 aromatic rings. The zero-order chi connectivity index (χ0) is 16.4. The van der Waals surface area contributed by atoms with Gasteiger partial charge in [0, 0.05) is 46.3 Å². The highest BCUT2D eigenvalue weighted by molar-refractivity contribution is 5.80. The highest BCUT2D eigenvalue weighted by atomic mass is 16.2. The van der Waals surface area contributed by atoms with Crippen molar-refractivity contribution < 1.29 is 0 Å². The van der Waals surface area contributed by atoms with Gasteiger partial charge in [-0.25, -0.2) is 4.68 Å². The van der Waals surface area contributed by atoms with Gasteiger partial charge in [0.2, 0.25) is 0 Å². The number of nitrogens with zero attached hydrogens (tertiary/aromatic N) is 4. The van der Waals surface area contributed by atoms with Crippen LogP contribution < -0.4 is 11.1 Å². The van der Waals surface area contributed by atoms with Crippen molar-refractivity contribution in [1.29, 1.82) is 0 Å². The molecule has 0 saturated carbocycles. The molecule has 1 aliphatic heterocycles. The van der Waals surface area contributed by atoms with Crippen LogP contribution in [0.15, 0.2) is 33.9 Å². The van der Waals surface area contributed by atoms with Crippen LogP contribution in [0.25, 0.3) is 10.8 Å². The summed E-state index contributed by atoms with van der Waals surface area (Å²) in [5, 5.41) is 1.01. The molecule has 1 fully saturated rings. The Kier molecular flexibility index (Phi) is 4.63. The maximum Gasteiger partial charge on any atom is 0.273 e. The number of fused-ring (bicyclic) bond motifs is 1. The van der Waals surface area contributed by atoms with Gasteiger partial charge in [-0.2, -0.15) is 0 Å². The second-order valence-corrected chi connectivity index (χ2v) is 6.30. The SMILES string of the molecule is CN1CCN(CCCn2c(=O)c3ccccc3c(=O)n2C)CC1. The Hall–Kier alpha value is -1.92. The molecule has 2 heterocycles. The maximum absolute atomic E-state index is 12.6. The summed E-state index contributed by atoms with van der Waals surface area (Å²) in [6.07, 6.45) is 0.870. The number of aromatic nitrogens is 2. The Morgan fingerprint density at radius 1 is 0.870 bits per heavy atom. The molecule has 0 amide bonds. The summed E-state index contributed by atoms with van der Waals surface area (Å²) < 4.78 is 3.02. The van der Waals surface area contributed by atoms with Gasteiger partial charge in [0.05, 0.1) is 10.8 Å². The molecule has 0 N–H and O–H groups in total. The molecule has 0 atom stereocenters. The first-order valence-electron chi connectivity index (χ1n) is 8.17. The molecule has 3 rings (SSSR count). The van der Waals surface area contributed by atoms with Crippen LogP contribution in [0, 0.1) is 0 Å². The molecule has 1 aliphatic rings. The molecule has 124 valence electrons. The lowest BCUT2D eigenvalue weighted by molar-refractivity contribution is 0.150. The second-order valence-electron chi connectivity index (χ2n) is 6.30. The summed E-state index contributed by atoms with van der Waals surface area (Å²) in [6.45, 7) is 5.86. The standard InChI is InChI=1S/C17H24N4O2/c1-18-10-12-20(13-11-18)8-5-9-21-17(23)15-7-4-3-6-14(15)16(22)19(21)2/h3-4,6-7H,5,8-13H2,1-2H3. The highest BCUT2D eigenvalue weighted by Gasteiger charge is 2.14. The van der Waals surface area contributed by atoms with Gasteiger partial charge < -0.3 is 9.80 Å². The van der Waals surface area contributed by atoms with E-state index in [0.717, 1.165) is 39.1 Å². The van der Waals surface area contributed by atoms with E-state index < -0.39 is 0 Å². The molecule has 0 radical (unpaired) electrons. The van der Waals surface area contributed by atoms with Gasteiger partial charge in [-0.15, -0.1) is 0 Å². The van der Waals surface area contributed by atoms with E-state index >= 15 is 0 Å². The van der Waals surface area contributed by atoms with Gasteiger partial charge in [-0.1, -0.05) is 12.1 Å². The predicted octanol–water partition coefficient (Wildman–Crippen LogP) is 0.338. The fourth-order valence-corrected chi connectivity index (χ4v) is 3.18. The minimum atomic E-state index is -0.111. The van der Waals surface area contributed by atoms with Crippen molar-refractivity contribution in [3.8, 4) is 0 Å². The average molecular weight is 316 g/mol. The van der Waals surface area contributed by atoms with Crippen LogP contribution in [-0.2, 0) is 13.6 Å². The van der Waals surface area contributed by atoms with Gasteiger partial charge in [-0.05, 0) is 25.6 Å². The van der Waals surface area contributed by atoms with Crippen molar-refractivity contribution in [3.63, 3.8) is 0 Å². The summed E-state index contributed by atoms with van der Waals surface area (Å²) >= 11 is 0. The smallest absolute Gasteiger partial charge is 0.273 e. The molecule has 1 aromatic carbocycles. The Labute approximate surface area is 135 Å². The highest BCUT2D eigenvalue weighted by Crippen LogP contribution is 2.04.